The van der Waals surface area contributed by atoms with Crippen LogP contribution in [0.2, 0.25) is 0 Å². The number of hydrogen-bond acceptors (Lipinski definition) is 3. The van der Waals surface area contributed by atoms with E-state index in [9.17, 15) is 4.39 Å². The predicted octanol–water partition coefficient (Wildman–Crippen LogP) is 4.06. The molecule has 2 aromatic rings. The first-order valence-electron chi connectivity index (χ1n) is 6.92. The lowest BCUT2D eigenvalue weighted by Gasteiger charge is -2.10. The number of nitrogens with zero attached hydrogens (tertiary/aromatic N) is 1. The van der Waals surface area contributed by atoms with Gasteiger partial charge in [0.05, 0.1) is 0 Å². The minimum atomic E-state index is -0.393. The zero-order valence-corrected chi connectivity index (χ0v) is 13.5. The van der Waals surface area contributed by atoms with E-state index in [1.54, 1.807) is 12.3 Å². The van der Waals surface area contributed by atoms with Gasteiger partial charge in [-0.1, -0.05) is 35.0 Å². The van der Waals surface area contributed by atoms with Gasteiger partial charge in [-0.2, -0.15) is 0 Å². The van der Waals surface area contributed by atoms with Crippen molar-refractivity contribution in [3.63, 3.8) is 0 Å². The highest BCUT2D eigenvalue weighted by atomic mass is 79.9. The van der Waals surface area contributed by atoms with Crippen LogP contribution in [0.4, 0.5) is 4.39 Å². The molecule has 2 rings (SSSR count). The van der Waals surface area contributed by atoms with Gasteiger partial charge in [-0.05, 0) is 36.7 Å². The SMILES string of the molecule is CCCNCc1ccnc(OCc2cccc(Br)c2)c1F. The van der Waals surface area contributed by atoms with Crippen molar-refractivity contribution >= 4 is 15.9 Å². The zero-order chi connectivity index (χ0) is 15.1. The van der Waals surface area contributed by atoms with E-state index < -0.39 is 5.82 Å². The van der Waals surface area contributed by atoms with Crippen LogP contribution in [0.3, 0.4) is 0 Å². The van der Waals surface area contributed by atoms with Crippen molar-refractivity contribution in [1.29, 1.82) is 0 Å². The molecule has 0 saturated heterocycles. The molecule has 1 aromatic carbocycles. The lowest BCUT2D eigenvalue weighted by Crippen LogP contribution is -2.15. The number of halogens is 2. The average molecular weight is 353 g/mol. The van der Waals surface area contributed by atoms with Gasteiger partial charge in [0.2, 0.25) is 0 Å². The molecule has 5 heteroatoms. The summed E-state index contributed by atoms with van der Waals surface area (Å²) in [5.41, 5.74) is 1.53. The summed E-state index contributed by atoms with van der Waals surface area (Å²) in [5, 5.41) is 3.17. The Morgan fingerprint density at radius 3 is 2.95 bits per heavy atom. The maximum Gasteiger partial charge on any atom is 0.251 e. The van der Waals surface area contributed by atoms with Crippen LogP contribution in [-0.2, 0) is 13.2 Å². The van der Waals surface area contributed by atoms with Crippen molar-refractivity contribution in [2.24, 2.45) is 0 Å². The number of benzene rings is 1. The summed E-state index contributed by atoms with van der Waals surface area (Å²) in [6.07, 6.45) is 2.58. The molecule has 0 spiro atoms. The first-order chi connectivity index (χ1) is 10.2. The van der Waals surface area contributed by atoms with Gasteiger partial charge in [0.15, 0.2) is 5.82 Å². The zero-order valence-electron chi connectivity index (χ0n) is 11.9. The second-order valence-electron chi connectivity index (χ2n) is 4.68. The Kier molecular flexibility index (Phi) is 6.14. The Balaban J connectivity index is 2.01. The Hall–Kier alpha value is -1.46. The minimum Gasteiger partial charge on any atom is -0.471 e. The first kappa shape index (κ1) is 15.9. The number of hydrogen-bond donors (Lipinski definition) is 1. The van der Waals surface area contributed by atoms with Crippen molar-refractivity contribution in [2.45, 2.75) is 26.5 Å². The van der Waals surface area contributed by atoms with Crippen LogP contribution in [-0.4, -0.2) is 11.5 Å². The number of ether oxygens (including phenoxy) is 1. The molecule has 21 heavy (non-hydrogen) atoms. The van der Waals surface area contributed by atoms with E-state index in [1.807, 2.05) is 24.3 Å². The monoisotopic (exact) mass is 352 g/mol. The number of rotatable bonds is 7. The maximum atomic E-state index is 14.2. The normalized spacial score (nSPS) is 10.6. The highest BCUT2D eigenvalue weighted by Gasteiger charge is 2.10. The summed E-state index contributed by atoms with van der Waals surface area (Å²) in [6.45, 7) is 3.70. The van der Waals surface area contributed by atoms with Crippen LogP contribution in [0.15, 0.2) is 41.0 Å². The summed E-state index contributed by atoms with van der Waals surface area (Å²) in [4.78, 5) is 3.97. The van der Waals surface area contributed by atoms with E-state index in [1.165, 1.54) is 0 Å². The molecule has 112 valence electrons. The van der Waals surface area contributed by atoms with Gasteiger partial charge in [-0.25, -0.2) is 9.37 Å². The Morgan fingerprint density at radius 1 is 1.33 bits per heavy atom. The van der Waals surface area contributed by atoms with Crippen LogP contribution < -0.4 is 10.1 Å². The molecule has 0 radical (unpaired) electrons. The molecule has 0 aliphatic carbocycles. The average Bonchev–Trinajstić information content (AvgIpc) is 2.48. The Morgan fingerprint density at radius 2 is 2.19 bits per heavy atom. The van der Waals surface area contributed by atoms with Crippen LogP contribution >= 0.6 is 15.9 Å². The van der Waals surface area contributed by atoms with Crippen LogP contribution in [0.25, 0.3) is 0 Å². The molecule has 0 bridgehead atoms. The quantitative estimate of drug-likeness (QED) is 0.763. The Labute approximate surface area is 132 Å². The van der Waals surface area contributed by atoms with Crippen molar-refractivity contribution in [2.75, 3.05) is 6.54 Å². The molecule has 0 saturated carbocycles. The van der Waals surface area contributed by atoms with Crippen LogP contribution in [0, 0.1) is 5.82 Å². The number of pyridine rings is 1. The minimum absolute atomic E-state index is 0.0470. The lowest BCUT2D eigenvalue weighted by molar-refractivity contribution is 0.276. The van der Waals surface area contributed by atoms with Gasteiger partial charge >= 0.3 is 0 Å². The van der Waals surface area contributed by atoms with Gasteiger partial charge in [0.25, 0.3) is 5.88 Å². The van der Waals surface area contributed by atoms with Crippen molar-refractivity contribution in [1.82, 2.24) is 10.3 Å². The summed E-state index contributed by atoms with van der Waals surface area (Å²) in [7, 11) is 0. The van der Waals surface area contributed by atoms with Crippen molar-refractivity contribution in [3.8, 4) is 5.88 Å². The standard InChI is InChI=1S/C16H18BrFN2O/c1-2-7-19-10-13-6-8-20-16(15(13)18)21-11-12-4-3-5-14(17)9-12/h3-6,8-9,19H,2,7,10-11H2,1H3. The van der Waals surface area contributed by atoms with E-state index >= 15 is 0 Å². The van der Waals surface area contributed by atoms with Gasteiger partial charge in [0.1, 0.15) is 6.61 Å². The largest absolute Gasteiger partial charge is 0.471 e. The van der Waals surface area contributed by atoms with Crippen molar-refractivity contribution < 1.29 is 9.13 Å². The number of aromatic nitrogens is 1. The third kappa shape index (κ3) is 4.79. The fourth-order valence-corrected chi connectivity index (χ4v) is 2.32. The van der Waals surface area contributed by atoms with Crippen LogP contribution in [0.5, 0.6) is 5.88 Å². The maximum absolute atomic E-state index is 14.2. The molecule has 0 unspecified atom stereocenters. The molecular weight excluding hydrogens is 335 g/mol. The molecule has 3 nitrogen and oxygen atoms in total. The second kappa shape index (κ2) is 8.10. The fourth-order valence-electron chi connectivity index (χ4n) is 1.88. The molecule has 1 N–H and O–H groups in total. The molecule has 1 heterocycles. The molecular formula is C16H18BrFN2O. The van der Waals surface area contributed by atoms with E-state index in [0.29, 0.717) is 12.1 Å². The molecule has 0 fully saturated rings. The lowest BCUT2D eigenvalue weighted by atomic mass is 10.2. The van der Waals surface area contributed by atoms with Gasteiger partial charge in [-0.15, -0.1) is 0 Å². The van der Waals surface area contributed by atoms with E-state index in [0.717, 1.165) is 23.0 Å². The smallest absolute Gasteiger partial charge is 0.251 e. The molecule has 0 atom stereocenters. The fraction of sp³-hybridized carbons (Fsp3) is 0.312. The Bertz CT molecular complexity index is 592. The first-order valence-corrected chi connectivity index (χ1v) is 7.71. The van der Waals surface area contributed by atoms with Crippen molar-refractivity contribution in [3.05, 3.63) is 57.9 Å². The van der Waals surface area contributed by atoms with Crippen LogP contribution in [0.1, 0.15) is 24.5 Å². The highest BCUT2D eigenvalue weighted by Crippen LogP contribution is 2.19. The topological polar surface area (TPSA) is 34.2 Å². The van der Waals surface area contributed by atoms with E-state index in [4.69, 9.17) is 4.74 Å². The summed E-state index contributed by atoms with van der Waals surface area (Å²) in [5.74, 6) is -0.345. The highest BCUT2D eigenvalue weighted by molar-refractivity contribution is 9.10. The van der Waals surface area contributed by atoms with Gasteiger partial charge in [-0.3, -0.25) is 0 Å². The molecule has 0 aliphatic rings. The number of nitrogens with one attached hydrogen (secondary N) is 1. The summed E-state index contributed by atoms with van der Waals surface area (Å²) < 4.78 is 20.7. The van der Waals surface area contributed by atoms with Gasteiger partial charge in [0, 0.05) is 22.8 Å². The van der Waals surface area contributed by atoms with E-state index in [2.05, 4.69) is 33.2 Å². The molecule has 0 aliphatic heterocycles. The molecule has 1 aromatic heterocycles. The predicted molar refractivity (Wildman–Crippen MR) is 84.7 cm³/mol. The van der Waals surface area contributed by atoms with Gasteiger partial charge < -0.3 is 10.1 Å². The molecule has 0 amide bonds. The summed E-state index contributed by atoms with van der Waals surface area (Å²) >= 11 is 3.40. The second-order valence-corrected chi connectivity index (χ2v) is 5.60. The third-order valence-corrected chi connectivity index (χ3v) is 3.44. The third-order valence-electron chi connectivity index (χ3n) is 2.94. The van der Waals surface area contributed by atoms with E-state index in [-0.39, 0.29) is 12.5 Å². The summed E-state index contributed by atoms with van der Waals surface area (Å²) in [6, 6.07) is 9.38.